The van der Waals surface area contributed by atoms with Crippen LogP contribution >= 0.6 is 0 Å². The minimum Gasteiger partial charge on any atom is -0.496 e. The predicted octanol–water partition coefficient (Wildman–Crippen LogP) is 2.20. The summed E-state index contributed by atoms with van der Waals surface area (Å²) in [5, 5.41) is 0. The Morgan fingerprint density at radius 3 is 2.39 bits per heavy atom. The van der Waals surface area contributed by atoms with E-state index in [1.165, 1.54) is 7.11 Å². The molecule has 0 aliphatic carbocycles. The largest absolute Gasteiger partial charge is 0.496 e. The summed E-state index contributed by atoms with van der Waals surface area (Å²) in [5.41, 5.74) is 7.28. The Morgan fingerprint density at radius 2 is 1.94 bits per heavy atom. The smallest absolute Gasteiger partial charge is 0.313 e. The number of benzene rings is 1. The summed E-state index contributed by atoms with van der Waals surface area (Å²) in [6.45, 7) is 5.51. The summed E-state index contributed by atoms with van der Waals surface area (Å²) < 4.78 is 9.99. The summed E-state index contributed by atoms with van der Waals surface area (Å²) in [6.07, 6.45) is 0. The number of esters is 1. The van der Waals surface area contributed by atoms with Crippen molar-refractivity contribution in [3.05, 3.63) is 29.3 Å². The first-order valence-corrected chi connectivity index (χ1v) is 5.83. The monoisotopic (exact) mass is 251 g/mol. The normalized spacial score (nSPS) is 13.0. The molecule has 0 saturated heterocycles. The van der Waals surface area contributed by atoms with Crippen LogP contribution in [0.1, 0.15) is 31.0 Å². The first-order valence-electron chi connectivity index (χ1n) is 5.83. The third kappa shape index (κ3) is 2.64. The van der Waals surface area contributed by atoms with Crippen LogP contribution in [0.15, 0.2) is 18.2 Å². The van der Waals surface area contributed by atoms with Gasteiger partial charge < -0.3 is 15.2 Å². The zero-order valence-corrected chi connectivity index (χ0v) is 11.6. The summed E-state index contributed by atoms with van der Waals surface area (Å²) in [7, 11) is 3.00. The summed E-state index contributed by atoms with van der Waals surface area (Å²) in [5.74, 6) is 0.491. The highest BCUT2D eigenvalue weighted by Crippen LogP contribution is 2.34. The van der Waals surface area contributed by atoms with Gasteiger partial charge in [0, 0.05) is 6.04 Å². The molecule has 0 fully saturated rings. The first-order chi connectivity index (χ1) is 8.34. The molecule has 0 amide bonds. The van der Waals surface area contributed by atoms with Crippen LogP contribution in [-0.2, 0) is 9.53 Å². The van der Waals surface area contributed by atoms with Gasteiger partial charge in [0.2, 0.25) is 0 Å². The quantitative estimate of drug-likeness (QED) is 0.833. The molecule has 0 spiro atoms. The molecule has 0 aromatic heterocycles. The van der Waals surface area contributed by atoms with Crippen LogP contribution < -0.4 is 10.5 Å². The Labute approximate surface area is 108 Å². The Bertz CT molecular complexity index is 441. The van der Waals surface area contributed by atoms with Crippen molar-refractivity contribution < 1.29 is 14.3 Å². The highest BCUT2D eigenvalue weighted by molar-refractivity contribution is 5.77. The third-order valence-corrected chi connectivity index (χ3v) is 3.27. The van der Waals surface area contributed by atoms with Gasteiger partial charge in [-0.2, -0.15) is 0 Å². The molecule has 100 valence electrons. The number of hydrogen-bond donors (Lipinski definition) is 1. The molecule has 0 unspecified atom stereocenters. The van der Waals surface area contributed by atoms with Crippen molar-refractivity contribution in [3.63, 3.8) is 0 Å². The molecular weight excluding hydrogens is 230 g/mol. The van der Waals surface area contributed by atoms with Crippen molar-refractivity contribution in [1.29, 1.82) is 0 Å². The topological polar surface area (TPSA) is 61.5 Å². The fourth-order valence-electron chi connectivity index (χ4n) is 1.90. The van der Waals surface area contributed by atoms with Gasteiger partial charge in [0.15, 0.2) is 0 Å². The second-order valence-corrected chi connectivity index (χ2v) is 4.92. The maximum Gasteiger partial charge on any atom is 0.313 e. The number of ether oxygens (including phenoxy) is 2. The van der Waals surface area contributed by atoms with E-state index in [0.717, 1.165) is 16.9 Å². The third-order valence-electron chi connectivity index (χ3n) is 3.27. The second-order valence-electron chi connectivity index (χ2n) is 4.92. The van der Waals surface area contributed by atoms with Crippen LogP contribution in [0.2, 0.25) is 0 Å². The van der Waals surface area contributed by atoms with E-state index in [-0.39, 0.29) is 5.97 Å². The Morgan fingerprint density at radius 1 is 1.33 bits per heavy atom. The molecule has 1 aromatic rings. The zero-order chi connectivity index (χ0) is 13.9. The lowest BCUT2D eigenvalue weighted by Crippen LogP contribution is -2.37. The van der Waals surface area contributed by atoms with Crippen LogP contribution in [0.4, 0.5) is 0 Å². The van der Waals surface area contributed by atoms with Gasteiger partial charge in [-0.3, -0.25) is 4.79 Å². The lowest BCUT2D eigenvalue weighted by molar-refractivity contribution is -0.152. The van der Waals surface area contributed by atoms with E-state index in [2.05, 4.69) is 0 Å². The molecule has 1 rings (SSSR count). The van der Waals surface area contributed by atoms with Crippen molar-refractivity contribution in [1.82, 2.24) is 0 Å². The van der Waals surface area contributed by atoms with Gasteiger partial charge in [0.05, 0.1) is 19.6 Å². The number of carbonyl (C=O) groups is 1. The standard InChI is InChI=1S/C14H21NO3/c1-9-8-10(6-7-11(9)17-4)12(15)14(2,3)13(16)18-5/h6-8,12H,15H2,1-5H3/t12-/m0/s1. The molecule has 4 nitrogen and oxygen atoms in total. The van der Waals surface area contributed by atoms with Crippen molar-refractivity contribution in [2.24, 2.45) is 11.1 Å². The number of aryl methyl sites for hydroxylation is 1. The second kappa shape index (κ2) is 5.40. The van der Waals surface area contributed by atoms with Crippen molar-refractivity contribution >= 4 is 5.97 Å². The maximum absolute atomic E-state index is 11.7. The average molecular weight is 251 g/mol. The minimum atomic E-state index is -0.768. The van der Waals surface area contributed by atoms with Crippen molar-refractivity contribution in [2.45, 2.75) is 26.8 Å². The van der Waals surface area contributed by atoms with Crippen LogP contribution in [-0.4, -0.2) is 20.2 Å². The summed E-state index contributed by atoms with van der Waals surface area (Å²) in [6, 6.07) is 5.25. The molecule has 0 aliphatic heterocycles. The summed E-state index contributed by atoms with van der Waals surface area (Å²) >= 11 is 0. The van der Waals surface area contributed by atoms with Crippen LogP contribution in [0.25, 0.3) is 0 Å². The fraction of sp³-hybridized carbons (Fsp3) is 0.500. The van der Waals surface area contributed by atoms with Gasteiger partial charge in [-0.25, -0.2) is 0 Å². The van der Waals surface area contributed by atoms with Gasteiger partial charge in [-0.1, -0.05) is 12.1 Å². The molecule has 0 saturated carbocycles. The number of hydrogen-bond acceptors (Lipinski definition) is 4. The molecule has 1 aromatic carbocycles. The lowest BCUT2D eigenvalue weighted by Gasteiger charge is -2.29. The SMILES string of the molecule is COC(=O)C(C)(C)[C@@H](N)c1ccc(OC)c(C)c1. The van der Waals surface area contributed by atoms with E-state index in [4.69, 9.17) is 15.2 Å². The van der Waals surface area contributed by atoms with Gasteiger partial charge >= 0.3 is 5.97 Å². The van der Waals surface area contributed by atoms with Gasteiger partial charge in [0.25, 0.3) is 0 Å². The molecule has 0 radical (unpaired) electrons. The summed E-state index contributed by atoms with van der Waals surface area (Å²) in [4.78, 5) is 11.7. The van der Waals surface area contributed by atoms with E-state index in [1.807, 2.05) is 25.1 Å². The molecular formula is C14H21NO3. The van der Waals surface area contributed by atoms with Crippen molar-refractivity contribution in [2.75, 3.05) is 14.2 Å². The first kappa shape index (κ1) is 14.5. The van der Waals surface area contributed by atoms with Gasteiger partial charge in [-0.15, -0.1) is 0 Å². The molecule has 18 heavy (non-hydrogen) atoms. The van der Waals surface area contributed by atoms with Crippen LogP contribution in [0, 0.1) is 12.3 Å². The minimum absolute atomic E-state index is 0.316. The Kier molecular flexibility index (Phi) is 4.35. The number of carbonyl (C=O) groups excluding carboxylic acids is 1. The van der Waals surface area contributed by atoms with E-state index >= 15 is 0 Å². The van der Waals surface area contributed by atoms with Crippen LogP contribution in [0.3, 0.4) is 0 Å². The molecule has 2 N–H and O–H groups in total. The zero-order valence-electron chi connectivity index (χ0n) is 11.6. The Hall–Kier alpha value is -1.55. The van der Waals surface area contributed by atoms with E-state index in [1.54, 1.807) is 21.0 Å². The maximum atomic E-state index is 11.7. The van der Waals surface area contributed by atoms with Gasteiger partial charge in [0.1, 0.15) is 5.75 Å². The fourth-order valence-corrected chi connectivity index (χ4v) is 1.90. The number of methoxy groups -OCH3 is 2. The molecule has 1 atom stereocenters. The highest BCUT2D eigenvalue weighted by atomic mass is 16.5. The molecule has 0 aliphatic rings. The molecule has 0 bridgehead atoms. The van der Waals surface area contributed by atoms with Gasteiger partial charge in [-0.05, 0) is 38.0 Å². The molecule has 4 heteroatoms. The van der Waals surface area contributed by atoms with Crippen molar-refractivity contribution in [3.8, 4) is 5.75 Å². The van der Waals surface area contributed by atoms with E-state index in [9.17, 15) is 4.79 Å². The van der Waals surface area contributed by atoms with Crippen LogP contribution in [0.5, 0.6) is 5.75 Å². The number of rotatable bonds is 4. The Balaban J connectivity index is 3.07. The average Bonchev–Trinajstić information content (AvgIpc) is 2.36. The van der Waals surface area contributed by atoms with E-state index < -0.39 is 11.5 Å². The number of nitrogens with two attached hydrogens (primary N) is 1. The van der Waals surface area contributed by atoms with E-state index in [0.29, 0.717) is 0 Å². The molecule has 0 heterocycles. The predicted molar refractivity (Wildman–Crippen MR) is 70.5 cm³/mol. The highest BCUT2D eigenvalue weighted by Gasteiger charge is 2.36. The lowest BCUT2D eigenvalue weighted by atomic mass is 9.80.